The van der Waals surface area contributed by atoms with Crippen LogP contribution in [0.3, 0.4) is 0 Å². The van der Waals surface area contributed by atoms with Crippen LogP contribution in [-0.2, 0) is 6.42 Å². The van der Waals surface area contributed by atoms with Crippen molar-refractivity contribution in [2.75, 3.05) is 12.8 Å². The molecule has 2 aliphatic rings. The van der Waals surface area contributed by atoms with Gasteiger partial charge in [-0.05, 0) is 26.3 Å². The van der Waals surface area contributed by atoms with Gasteiger partial charge in [0.05, 0.1) is 10.9 Å². The number of nitrogens with one attached hydrogen (secondary N) is 1. The number of fused-ring (bicyclic) bond motifs is 1. The smallest absolute Gasteiger partial charge is 0.107 e. The number of thiazole rings is 1. The summed E-state index contributed by atoms with van der Waals surface area (Å²) in [4.78, 5) is 6.49. The van der Waals surface area contributed by atoms with Crippen molar-refractivity contribution in [3.05, 3.63) is 15.6 Å². The molecule has 4 atom stereocenters. The zero-order chi connectivity index (χ0) is 13.4. The van der Waals surface area contributed by atoms with E-state index >= 15 is 0 Å². The van der Waals surface area contributed by atoms with Crippen molar-refractivity contribution in [1.29, 1.82) is 0 Å². The standard InChI is InChI=1S/C14H22N2S3/c1-8-9(2)18-12(7-17-8)14-16-11-6-4-5-10(15-3)13(11)19-14/h8-10,12,15H,4-7H2,1-3H3. The third-order valence-corrected chi connectivity index (χ3v) is 9.01. The summed E-state index contributed by atoms with van der Waals surface area (Å²) in [6, 6.07) is 0.549. The van der Waals surface area contributed by atoms with Gasteiger partial charge in [0.2, 0.25) is 0 Å². The molecule has 2 heterocycles. The van der Waals surface area contributed by atoms with E-state index in [0.29, 0.717) is 11.3 Å². The van der Waals surface area contributed by atoms with E-state index in [1.807, 2.05) is 11.3 Å². The van der Waals surface area contributed by atoms with E-state index < -0.39 is 0 Å². The maximum atomic E-state index is 4.98. The minimum atomic E-state index is 0.549. The van der Waals surface area contributed by atoms with Gasteiger partial charge in [0.25, 0.3) is 0 Å². The minimum absolute atomic E-state index is 0.549. The molecular weight excluding hydrogens is 292 g/mol. The molecule has 1 saturated heterocycles. The lowest BCUT2D eigenvalue weighted by Gasteiger charge is -2.30. The lowest BCUT2D eigenvalue weighted by atomic mass is 9.98. The van der Waals surface area contributed by atoms with E-state index in [-0.39, 0.29) is 0 Å². The third-order valence-electron chi connectivity index (χ3n) is 4.14. The molecule has 106 valence electrons. The predicted octanol–water partition coefficient (Wildman–Crippen LogP) is 4.04. The molecule has 1 aromatic heterocycles. The van der Waals surface area contributed by atoms with Gasteiger partial charge in [-0.25, -0.2) is 4.98 Å². The molecule has 4 unspecified atom stereocenters. The molecule has 0 saturated carbocycles. The van der Waals surface area contributed by atoms with Gasteiger partial charge in [0.15, 0.2) is 0 Å². The average molecular weight is 315 g/mol. The fourth-order valence-corrected chi connectivity index (χ4v) is 7.21. The third kappa shape index (κ3) is 2.85. The van der Waals surface area contributed by atoms with Crippen molar-refractivity contribution in [3.63, 3.8) is 0 Å². The largest absolute Gasteiger partial charge is 0.312 e. The summed E-state index contributed by atoms with van der Waals surface area (Å²) in [5.74, 6) is 1.23. The first kappa shape index (κ1) is 14.2. The summed E-state index contributed by atoms with van der Waals surface area (Å²) in [6.45, 7) is 4.71. The van der Waals surface area contributed by atoms with E-state index in [2.05, 4.69) is 49.7 Å². The Morgan fingerprint density at radius 2 is 2.11 bits per heavy atom. The van der Waals surface area contributed by atoms with Gasteiger partial charge < -0.3 is 5.32 Å². The monoisotopic (exact) mass is 314 g/mol. The van der Waals surface area contributed by atoms with E-state index in [9.17, 15) is 0 Å². The summed E-state index contributed by atoms with van der Waals surface area (Å²) in [5.41, 5.74) is 1.38. The predicted molar refractivity (Wildman–Crippen MR) is 88.6 cm³/mol. The van der Waals surface area contributed by atoms with Crippen molar-refractivity contribution < 1.29 is 0 Å². The summed E-state index contributed by atoms with van der Waals surface area (Å²) >= 11 is 6.21. The van der Waals surface area contributed by atoms with Crippen LogP contribution in [0, 0.1) is 0 Å². The summed E-state index contributed by atoms with van der Waals surface area (Å²) in [7, 11) is 2.08. The van der Waals surface area contributed by atoms with Crippen molar-refractivity contribution >= 4 is 34.9 Å². The molecule has 0 spiro atoms. The highest BCUT2D eigenvalue weighted by Crippen LogP contribution is 2.47. The molecule has 1 aromatic rings. The van der Waals surface area contributed by atoms with E-state index in [1.54, 1.807) is 0 Å². The van der Waals surface area contributed by atoms with Gasteiger partial charge >= 0.3 is 0 Å². The van der Waals surface area contributed by atoms with E-state index in [1.165, 1.54) is 40.6 Å². The molecule has 2 nitrogen and oxygen atoms in total. The fraction of sp³-hybridized carbons (Fsp3) is 0.786. The number of nitrogens with zero attached hydrogens (tertiary/aromatic N) is 1. The van der Waals surface area contributed by atoms with Crippen molar-refractivity contribution in [1.82, 2.24) is 10.3 Å². The Labute approximate surface area is 128 Å². The van der Waals surface area contributed by atoms with Gasteiger partial charge in [-0.15, -0.1) is 23.1 Å². The number of aryl methyl sites for hydroxylation is 1. The SMILES string of the molecule is CNC1CCCc2nc(C3CSC(C)C(C)S3)sc21. The second-order valence-corrected chi connectivity index (χ2v) is 9.52. The highest BCUT2D eigenvalue weighted by atomic mass is 32.2. The van der Waals surface area contributed by atoms with Crippen molar-refractivity contribution in [2.24, 2.45) is 0 Å². The molecule has 1 aliphatic carbocycles. The first-order chi connectivity index (χ1) is 9.19. The molecular formula is C14H22N2S3. The highest BCUT2D eigenvalue weighted by Gasteiger charge is 2.31. The van der Waals surface area contributed by atoms with Crippen LogP contribution in [0.25, 0.3) is 0 Å². The quantitative estimate of drug-likeness (QED) is 0.890. The number of hydrogen-bond donors (Lipinski definition) is 1. The minimum Gasteiger partial charge on any atom is -0.312 e. The molecule has 3 rings (SSSR count). The fourth-order valence-electron chi connectivity index (χ4n) is 2.76. The molecule has 1 N–H and O–H groups in total. The van der Waals surface area contributed by atoms with Crippen LogP contribution in [-0.4, -0.2) is 28.3 Å². The summed E-state index contributed by atoms with van der Waals surface area (Å²) in [5, 5.41) is 6.96. The van der Waals surface area contributed by atoms with Crippen LogP contribution < -0.4 is 5.32 Å². The maximum Gasteiger partial charge on any atom is 0.107 e. The van der Waals surface area contributed by atoms with Gasteiger partial charge in [-0.3, -0.25) is 0 Å². The number of aromatic nitrogens is 1. The van der Waals surface area contributed by atoms with Crippen LogP contribution in [0.15, 0.2) is 0 Å². The molecule has 1 fully saturated rings. The number of rotatable bonds is 2. The Hall–Kier alpha value is 0.290. The summed E-state index contributed by atoms with van der Waals surface area (Å²) < 4.78 is 0. The zero-order valence-corrected chi connectivity index (χ0v) is 14.3. The maximum absolute atomic E-state index is 4.98. The van der Waals surface area contributed by atoms with Gasteiger partial charge in [0, 0.05) is 27.2 Å². The topological polar surface area (TPSA) is 24.9 Å². The van der Waals surface area contributed by atoms with Crippen molar-refractivity contribution in [3.8, 4) is 0 Å². The number of hydrogen-bond acceptors (Lipinski definition) is 5. The van der Waals surface area contributed by atoms with E-state index in [0.717, 1.165) is 10.5 Å². The Morgan fingerprint density at radius 3 is 2.84 bits per heavy atom. The van der Waals surface area contributed by atoms with Crippen LogP contribution in [0.1, 0.15) is 53.6 Å². The van der Waals surface area contributed by atoms with Crippen molar-refractivity contribution in [2.45, 2.75) is 54.9 Å². The lowest BCUT2D eigenvalue weighted by molar-refractivity contribution is 0.501. The average Bonchev–Trinajstić information content (AvgIpc) is 2.85. The molecule has 0 amide bonds. The molecule has 1 aliphatic heterocycles. The van der Waals surface area contributed by atoms with Gasteiger partial charge in [0.1, 0.15) is 5.01 Å². The highest BCUT2D eigenvalue weighted by molar-refractivity contribution is 8.07. The Bertz CT molecular complexity index is 446. The van der Waals surface area contributed by atoms with Crippen LogP contribution >= 0.6 is 34.9 Å². The Balaban J connectivity index is 1.81. The zero-order valence-electron chi connectivity index (χ0n) is 11.8. The molecule has 5 heteroatoms. The van der Waals surface area contributed by atoms with Gasteiger partial charge in [-0.1, -0.05) is 13.8 Å². The molecule has 19 heavy (non-hydrogen) atoms. The molecule has 0 radical (unpaired) electrons. The first-order valence-corrected chi connectivity index (χ1v) is 9.93. The van der Waals surface area contributed by atoms with Gasteiger partial charge in [-0.2, -0.15) is 11.8 Å². The second kappa shape index (κ2) is 5.96. The Morgan fingerprint density at radius 1 is 1.26 bits per heavy atom. The van der Waals surface area contributed by atoms with Crippen LogP contribution in [0.2, 0.25) is 0 Å². The van der Waals surface area contributed by atoms with Crippen LogP contribution in [0.4, 0.5) is 0 Å². The molecule has 0 aromatic carbocycles. The normalized spacial score (nSPS) is 35.1. The lowest BCUT2D eigenvalue weighted by Crippen LogP contribution is -2.21. The Kier molecular flexibility index (Phi) is 4.47. The second-order valence-electron chi connectivity index (χ2n) is 5.46. The van der Waals surface area contributed by atoms with E-state index in [4.69, 9.17) is 4.98 Å². The van der Waals surface area contributed by atoms with Crippen LogP contribution in [0.5, 0.6) is 0 Å². The first-order valence-electron chi connectivity index (χ1n) is 7.13. The summed E-state index contributed by atoms with van der Waals surface area (Å²) in [6.07, 6.45) is 3.73. The molecule has 0 bridgehead atoms. The number of thioether (sulfide) groups is 2.